The van der Waals surface area contributed by atoms with Gasteiger partial charge in [-0.2, -0.15) is 4.39 Å². The van der Waals surface area contributed by atoms with Crippen LogP contribution in [-0.4, -0.2) is 62.1 Å². The molecule has 35 heavy (non-hydrogen) atoms. The van der Waals surface area contributed by atoms with Crippen molar-refractivity contribution >= 4 is 23.1 Å². The maximum atomic E-state index is 14.5. The van der Waals surface area contributed by atoms with E-state index in [0.717, 1.165) is 81.8 Å². The van der Waals surface area contributed by atoms with Crippen molar-refractivity contribution in [2.24, 2.45) is 5.41 Å². The third kappa shape index (κ3) is 7.26. The van der Waals surface area contributed by atoms with E-state index in [9.17, 15) is 4.39 Å². The molecule has 192 valence electrons. The number of methoxy groups -OCH3 is 1. The number of nitrogens with one attached hydrogen (secondary N) is 3. The number of hydrogen-bond donors (Lipinski definition) is 3. The van der Waals surface area contributed by atoms with Crippen molar-refractivity contribution in [2.45, 2.75) is 57.5 Å². The van der Waals surface area contributed by atoms with E-state index in [0.29, 0.717) is 29.3 Å². The van der Waals surface area contributed by atoms with Gasteiger partial charge in [0.2, 0.25) is 5.95 Å². The van der Waals surface area contributed by atoms with Crippen LogP contribution in [0.4, 0.5) is 15.9 Å². The van der Waals surface area contributed by atoms with E-state index in [1.54, 1.807) is 19.4 Å². The lowest BCUT2D eigenvalue weighted by Crippen LogP contribution is -2.38. The fourth-order valence-corrected chi connectivity index (χ4v) is 5.04. The molecule has 7 nitrogen and oxygen atoms in total. The van der Waals surface area contributed by atoms with Crippen molar-refractivity contribution in [1.82, 2.24) is 15.3 Å². The Balaban J connectivity index is 1.40. The van der Waals surface area contributed by atoms with Gasteiger partial charge in [0.1, 0.15) is 5.82 Å². The molecule has 0 atom stereocenters. The Morgan fingerprint density at radius 2 is 1.86 bits per heavy atom. The molecule has 4 rings (SSSR count). The third-order valence-electron chi connectivity index (χ3n) is 7.23. The van der Waals surface area contributed by atoms with Gasteiger partial charge in [0.05, 0.1) is 17.3 Å². The summed E-state index contributed by atoms with van der Waals surface area (Å²) in [5, 5.41) is 10.9. The van der Waals surface area contributed by atoms with E-state index in [1.807, 2.05) is 6.07 Å². The summed E-state index contributed by atoms with van der Waals surface area (Å²) in [6.07, 6.45) is 9.44. The first kappa shape index (κ1) is 26.1. The first-order valence-corrected chi connectivity index (χ1v) is 13.0. The molecule has 0 unspecified atom stereocenters. The molecule has 1 saturated heterocycles. The summed E-state index contributed by atoms with van der Waals surface area (Å²) in [6, 6.07) is 4.62. The zero-order valence-corrected chi connectivity index (χ0v) is 21.5. The summed E-state index contributed by atoms with van der Waals surface area (Å²) in [7, 11) is 1.72. The van der Waals surface area contributed by atoms with Crippen LogP contribution in [0.2, 0.25) is 5.02 Å². The Hall–Kier alpha value is -2.00. The molecule has 0 bridgehead atoms. The smallest absolute Gasteiger partial charge is 0.236 e. The minimum absolute atomic E-state index is 0.0738. The lowest BCUT2D eigenvalue weighted by molar-refractivity contribution is 0.0300. The predicted molar refractivity (Wildman–Crippen MR) is 139 cm³/mol. The SMILES string of the molecule is COCCNC1CCC(Nc2cc(-c3cnc(F)c(NCC4(C)CCOCC4)c3)c(Cl)cn2)CC1. The third-order valence-corrected chi connectivity index (χ3v) is 7.53. The second-order valence-electron chi connectivity index (χ2n) is 10.0. The van der Waals surface area contributed by atoms with Gasteiger partial charge in [0, 0.05) is 69.0 Å². The molecule has 9 heteroatoms. The molecule has 3 N–H and O–H groups in total. The maximum Gasteiger partial charge on any atom is 0.236 e. The maximum absolute atomic E-state index is 14.5. The largest absolute Gasteiger partial charge is 0.383 e. The van der Waals surface area contributed by atoms with Crippen molar-refractivity contribution in [3.63, 3.8) is 0 Å². The lowest BCUT2D eigenvalue weighted by Gasteiger charge is -2.33. The highest BCUT2D eigenvalue weighted by atomic mass is 35.5. The molecule has 2 aliphatic rings. The van der Waals surface area contributed by atoms with Crippen molar-refractivity contribution < 1.29 is 13.9 Å². The van der Waals surface area contributed by atoms with Crippen molar-refractivity contribution in [2.75, 3.05) is 50.7 Å². The van der Waals surface area contributed by atoms with E-state index < -0.39 is 5.95 Å². The number of rotatable bonds is 10. The van der Waals surface area contributed by atoms with Crippen LogP contribution in [0, 0.1) is 11.4 Å². The van der Waals surface area contributed by atoms with Crippen molar-refractivity contribution in [1.29, 1.82) is 0 Å². The number of halogens is 2. The molecule has 1 aliphatic heterocycles. The van der Waals surface area contributed by atoms with Gasteiger partial charge in [-0.3, -0.25) is 0 Å². The summed E-state index contributed by atoms with van der Waals surface area (Å²) in [4.78, 5) is 8.49. The Morgan fingerprint density at radius 1 is 1.11 bits per heavy atom. The van der Waals surface area contributed by atoms with E-state index in [1.165, 1.54) is 6.20 Å². The molecule has 0 amide bonds. The number of hydrogen-bond acceptors (Lipinski definition) is 7. The van der Waals surface area contributed by atoms with E-state index >= 15 is 0 Å². The van der Waals surface area contributed by atoms with E-state index in [2.05, 4.69) is 32.8 Å². The quantitative estimate of drug-likeness (QED) is 0.305. The second-order valence-corrected chi connectivity index (χ2v) is 10.4. The molecule has 2 fully saturated rings. The average Bonchev–Trinajstić information content (AvgIpc) is 2.86. The van der Waals surface area contributed by atoms with Gasteiger partial charge < -0.3 is 25.4 Å². The van der Waals surface area contributed by atoms with Crippen molar-refractivity contribution in [3.8, 4) is 11.1 Å². The van der Waals surface area contributed by atoms with Crippen LogP contribution in [0.1, 0.15) is 45.4 Å². The number of anilines is 2. The van der Waals surface area contributed by atoms with Crippen LogP contribution in [0.5, 0.6) is 0 Å². The van der Waals surface area contributed by atoms with Crippen LogP contribution in [0.25, 0.3) is 11.1 Å². The Bertz CT molecular complexity index is 965. The zero-order chi connectivity index (χ0) is 24.7. The van der Waals surface area contributed by atoms with Gasteiger partial charge in [-0.05, 0) is 56.1 Å². The molecular formula is C26H37ClFN5O2. The van der Waals surface area contributed by atoms with E-state index in [4.69, 9.17) is 21.1 Å². The molecule has 0 spiro atoms. The zero-order valence-electron chi connectivity index (χ0n) is 20.7. The molecule has 1 saturated carbocycles. The Kier molecular flexibility index (Phi) is 9.16. The first-order valence-electron chi connectivity index (χ1n) is 12.6. The number of pyridine rings is 2. The van der Waals surface area contributed by atoms with Gasteiger partial charge in [0.15, 0.2) is 0 Å². The van der Waals surface area contributed by atoms with Crippen LogP contribution in [0.15, 0.2) is 24.5 Å². The van der Waals surface area contributed by atoms with Crippen LogP contribution < -0.4 is 16.0 Å². The standard InChI is InChI=1S/C26H37ClFN5O2/c1-26(7-10-35-11-8-26)17-32-23-13-18(15-31-25(23)28)21-14-24(30-16-22(21)27)33-20-5-3-19(4-6-20)29-9-12-34-2/h13-16,19-20,29,32H,3-12,17H2,1-2H3,(H,30,33). The molecular weight excluding hydrogens is 469 g/mol. The summed E-state index contributed by atoms with van der Waals surface area (Å²) >= 11 is 6.50. The molecule has 2 aromatic heterocycles. The van der Waals surface area contributed by atoms with Crippen LogP contribution in [-0.2, 0) is 9.47 Å². The Morgan fingerprint density at radius 3 is 2.60 bits per heavy atom. The van der Waals surface area contributed by atoms with Gasteiger partial charge >= 0.3 is 0 Å². The van der Waals surface area contributed by atoms with Gasteiger partial charge in [0.25, 0.3) is 0 Å². The highest BCUT2D eigenvalue weighted by Crippen LogP contribution is 2.34. The fraction of sp³-hybridized carbons (Fsp3) is 0.615. The summed E-state index contributed by atoms with van der Waals surface area (Å²) in [5.74, 6) is 0.262. The first-order chi connectivity index (χ1) is 17.0. The summed E-state index contributed by atoms with van der Waals surface area (Å²) in [5.41, 5.74) is 2.00. The summed E-state index contributed by atoms with van der Waals surface area (Å²) < 4.78 is 25.1. The molecule has 0 radical (unpaired) electrons. The highest BCUT2D eigenvalue weighted by molar-refractivity contribution is 6.33. The van der Waals surface area contributed by atoms with E-state index in [-0.39, 0.29) is 5.41 Å². The normalized spacial score (nSPS) is 22.1. The predicted octanol–water partition coefficient (Wildman–Crippen LogP) is 5.12. The number of aromatic nitrogens is 2. The number of nitrogens with zero attached hydrogens (tertiary/aromatic N) is 2. The van der Waals surface area contributed by atoms with Crippen molar-refractivity contribution in [3.05, 3.63) is 35.5 Å². The Labute approximate surface area is 212 Å². The summed E-state index contributed by atoms with van der Waals surface area (Å²) in [6.45, 7) is 5.98. The monoisotopic (exact) mass is 505 g/mol. The fourth-order valence-electron chi connectivity index (χ4n) is 4.82. The van der Waals surface area contributed by atoms with Gasteiger partial charge in [-0.15, -0.1) is 0 Å². The lowest BCUT2D eigenvalue weighted by atomic mass is 9.82. The topological polar surface area (TPSA) is 80.3 Å². The second kappa shape index (κ2) is 12.3. The minimum Gasteiger partial charge on any atom is -0.383 e. The highest BCUT2D eigenvalue weighted by Gasteiger charge is 2.27. The average molecular weight is 506 g/mol. The van der Waals surface area contributed by atoms with Crippen LogP contribution in [0.3, 0.4) is 0 Å². The van der Waals surface area contributed by atoms with Gasteiger partial charge in [-0.1, -0.05) is 18.5 Å². The van der Waals surface area contributed by atoms with Gasteiger partial charge in [-0.25, -0.2) is 9.97 Å². The van der Waals surface area contributed by atoms with Crippen LogP contribution >= 0.6 is 11.6 Å². The number of ether oxygens (including phenoxy) is 2. The molecule has 1 aliphatic carbocycles. The molecule has 0 aromatic carbocycles. The molecule has 2 aromatic rings. The minimum atomic E-state index is -0.510. The molecule has 3 heterocycles.